The van der Waals surface area contributed by atoms with E-state index in [2.05, 4.69) is 30.6 Å². The molecule has 2 heteroatoms. The Morgan fingerprint density at radius 3 is 2.81 bits per heavy atom. The van der Waals surface area contributed by atoms with E-state index >= 15 is 0 Å². The van der Waals surface area contributed by atoms with Crippen LogP contribution in [0.15, 0.2) is 0 Å². The third kappa shape index (κ3) is 2.98. The highest BCUT2D eigenvalue weighted by Gasteiger charge is 2.33. The second kappa shape index (κ2) is 5.50. The molecule has 2 rings (SSSR count). The molecule has 94 valence electrons. The van der Waals surface area contributed by atoms with Crippen LogP contribution in [0.25, 0.3) is 0 Å². The monoisotopic (exact) mass is 224 g/mol. The minimum absolute atomic E-state index is 0.779. The predicted octanol–water partition coefficient (Wildman–Crippen LogP) is 2.59. The second-order valence-corrected chi connectivity index (χ2v) is 6.17. The van der Waals surface area contributed by atoms with Gasteiger partial charge in [0.2, 0.25) is 0 Å². The normalized spacial score (nSPS) is 32.2. The lowest BCUT2D eigenvalue weighted by Crippen LogP contribution is -2.55. The lowest BCUT2D eigenvalue weighted by Gasteiger charge is -2.42. The molecular formula is C14H28N2. The van der Waals surface area contributed by atoms with E-state index < -0.39 is 0 Å². The molecule has 2 fully saturated rings. The van der Waals surface area contributed by atoms with E-state index in [4.69, 9.17) is 0 Å². The molecule has 0 spiro atoms. The van der Waals surface area contributed by atoms with Crippen LogP contribution in [0.3, 0.4) is 0 Å². The molecule has 0 N–H and O–H groups in total. The van der Waals surface area contributed by atoms with Crippen LogP contribution in [0, 0.1) is 5.92 Å². The largest absolute Gasteiger partial charge is 0.298 e. The fraction of sp³-hybridized carbons (Fsp3) is 1.00. The summed E-state index contributed by atoms with van der Waals surface area (Å²) in [7, 11) is 0. The lowest BCUT2D eigenvalue weighted by molar-refractivity contribution is 0.0578. The molecule has 2 unspecified atom stereocenters. The van der Waals surface area contributed by atoms with E-state index in [1.165, 1.54) is 51.9 Å². The van der Waals surface area contributed by atoms with Gasteiger partial charge < -0.3 is 0 Å². The Morgan fingerprint density at radius 1 is 1.25 bits per heavy atom. The van der Waals surface area contributed by atoms with Crippen molar-refractivity contribution in [3.05, 3.63) is 0 Å². The van der Waals surface area contributed by atoms with Gasteiger partial charge in [0, 0.05) is 25.2 Å². The van der Waals surface area contributed by atoms with Crippen molar-refractivity contribution in [2.45, 2.75) is 58.5 Å². The van der Waals surface area contributed by atoms with Crippen LogP contribution in [0.5, 0.6) is 0 Å². The second-order valence-electron chi connectivity index (χ2n) is 6.17. The maximum Gasteiger partial charge on any atom is 0.0224 e. The zero-order valence-corrected chi connectivity index (χ0v) is 11.3. The zero-order chi connectivity index (χ0) is 11.5. The minimum Gasteiger partial charge on any atom is -0.298 e. The van der Waals surface area contributed by atoms with Gasteiger partial charge in [0.1, 0.15) is 0 Å². The summed E-state index contributed by atoms with van der Waals surface area (Å²) in [5.74, 6) is 0.864. The molecule has 2 nitrogen and oxygen atoms in total. The smallest absolute Gasteiger partial charge is 0.0224 e. The van der Waals surface area contributed by atoms with E-state index in [0.29, 0.717) is 0 Å². The van der Waals surface area contributed by atoms with E-state index in [1.54, 1.807) is 0 Å². The Kier molecular flexibility index (Phi) is 4.26. The Morgan fingerprint density at radius 2 is 2.06 bits per heavy atom. The molecular weight excluding hydrogens is 196 g/mol. The fourth-order valence-corrected chi connectivity index (χ4v) is 3.26. The number of nitrogens with zero attached hydrogens (tertiary/aromatic N) is 2. The molecule has 2 atom stereocenters. The van der Waals surface area contributed by atoms with Gasteiger partial charge in [0.05, 0.1) is 0 Å². The molecule has 0 amide bonds. The topological polar surface area (TPSA) is 6.48 Å². The molecule has 0 aliphatic carbocycles. The highest BCUT2D eigenvalue weighted by molar-refractivity contribution is 4.90. The Balaban J connectivity index is 1.76. The summed E-state index contributed by atoms with van der Waals surface area (Å²) in [6.07, 6.45) is 5.64. The molecule has 2 heterocycles. The van der Waals surface area contributed by atoms with Crippen molar-refractivity contribution in [2.75, 3.05) is 26.2 Å². The molecule has 0 aromatic heterocycles. The molecule has 2 saturated heterocycles. The summed E-state index contributed by atoms with van der Waals surface area (Å²) in [6, 6.07) is 1.66. The quantitative estimate of drug-likeness (QED) is 0.724. The summed E-state index contributed by atoms with van der Waals surface area (Å²) in [5.41, 5.74) is 0. The molecule has 2 aliphatic rings. The average molecular weight is 224 g/mol. The van der Waals surface area contributed by atoms with Gasteiger partial charge in [-0.1, -0.05) is 13.8 Å². The van der Waals surface area contributed by atoms with E-state index in [-0.39, 0.29) is 0 Å². The highest BCUT2D eigenvalue weighted by atomic mass is 15.3. The number of rotatable bonds is 4. The third-order valence-corrected chi connectivity index (χ3v) is 4.29. The summed E-state index contributed by atoms with van der Waals surface area (Å²) >= 11 is 0. The third-order valence-electron chi connectivity index (χ3n) is 4.29. The zero-order valence-electron chi connectivity index (χ0n) is 11.3. The van der Waals surface area contributed by atoms with Crippen LogP contribution in [-0.4, -0.2) is 48.1 Å². The van der Waals surface area contributed by atoms with Gasteiger partial charge in [0.25, 0.3) is 0 Å². The standard InChI is InChI=1S/C14H28N2/c1-12(2)6-4-8-15-11-14-7-5-9-16(14)10-13(15)3/h12-14H,4-11H2,1-3H3. The van der Waals surface area contributed by atoms with Crippen LogP contribution in [0.1, 0.15) is 46.5 Å². The summed E-state index contributed by atoms with van der Waals surface area (Å²) in [6.45, 7) is 12.4. The molecule has 0 aromatic rings. The van der Waals surface area contributed by atoms with Crippen LogP contribution < -0.4 is 0 Å². The van der Waals surface area contributed by atoms with Crippen LogP contribution in [0.2, 0.25) is 0 Å². The van der Waals surface area contributed by atoms with Crippen molar-refractivity contribution in [3.8, 4) is 0 Å². The van der Waals surface area contributed by atoms with Crippen molar-refractivity contribution in [2.24, 2.45) is 5.92 Å². The van der Waals surface area contributed by atoms with Gasteiger partial charge in [-0.25, -0.2) is 0 Å². The van der Waals surface area contributed by atoms with Crippen molar-refractivity contribution in [3.63, 3.8) is 0 Å². The number of hydrogen-bond acceptors (Lipinski definition) is 2. The summed E-state index contributed by atoms with van der Waals surface area (Å²) in [4.78, 5) is 5.44. The SMILES string of the molecule is CC(C)CCCN1CC2CCCN2CC1C. The number of hydrogen-bond donors (Lipinski definition) is 0. The molecule has 16 heavy (non-hydrogen) atoms. The first-order chi connectivity index (χ1) is 7.66. The van der Waals surface area contributed by atoms with Crippen LogP contribution >= 0.6 is 0 Å². The Labute approximate surface area is 101 Å². The Bertz CT molecular complexity index is 215. The molecule has 0 bridgehead atoms. The van der Waals surface area contributed by atoms with Crippen molar-refractivity contribution in [1.29, 1.82) is 0 Å². The van der Waals surface area contributed by atoms with Crippen molar-refractivity contribution >= 4 is 0 Å². The van der Waals surface area contributed by atoms with Crippen LogP contribution in [0.4, 0.5) is 0 Å². The van der Waals surface area contributed by atoms with Crippen molar-refractivity contribution < 1.29 is 0 Å². The van der Waals surface area contributed by atoms with Crippen molar-refractivity contribution in [1.82, 2.24) is 9.80 Å². The van der Waals surface area contributed by atoms with Gasteiger partial charge in [0.15, 0.2) is 0 Å². The molecule has 2 aliphatic heterocycles. The molecule has 0 aromatic carbocycles. The average Bonchev–Trinajstić information content (AvgIpc) is 2.64. The first-order valence-electron chi connectivity index (χ1n) is 7.15. The summed E-state index contributed by atoms with van der Waals surface area (Å²) < 4.78 is 0. The van der Waals surface area contributed by atoms with E-state index in [1.807, 2.05) is 0 Å². The fourth-order valence-electron chi connectivity index (χ4n) is 3.26. The van der Waals surface area contributed by atoms with Gasteiger partial charge >= 0.3 is 0 Å². The highest BCUT2D eigenvalue weighted by Crippen LogP contribution is 2.24. The van der Waals surface area contributed by atoms with Crippen LogP contribution in [-0.2, 0) is 0 Å². The molecule has 0 radical (unpaired) electrons. The first-order valence-corrected chi connectivity index (χ1v) is 7.15. The maximum atomic E-state index is 2.73. The summed E-state index contributed by atoms with van der Waals surface area (Å²) in [5, 5.41) is 0. The lowest BCUT2D eigenvalue weighted by atomic mass is 10.0. The van der Waals surface area contributed by atoms with E-state index in [0.717, 1.165) is 18.0 Å². The number of piperazine rings is 1. The van der Waals surface area contributed by atoms with Gasteiger partial charge in [-0.2, -0.15) is 0 Å². The van der Waals surface area contributed by atoms with Gasteiger partial charge in [-0.05, 0) is 51.6 Å². The minimum atomic E-state index is 0.779. The van der Waals surface area contributed by atoms with E-state index in [9.17, 15) is 0 Å². The van der Waals surface area contributed by atoms with Gasteiger partial charge in [-0.15, -0.1) is 0 Å². The Hall–Kier alpha value is -0.0800. The maximum absolute atomic E-state index is 2.73. The van der Waals surface area contributed by atoms with Gasteiger partial charge in [-0.3, -0.25) is 9.80 Å². The predicted molar refractivity (Wildman–Crippen MR) is 69.7 cm³/mol. The number of fused-ring (bicyclic) bond motifs is 1. The molecule has 0 saturated carbocycles. The first kappa shape index (κ1) is 12.4.